The zero-order valence-electron chi connectivity index (χ0n) is 15.7. The number of fused-ring (bicyclic) bond motifs is 1. The highest BCUT2D eigenvalue weighted by Crippen LogP contribution is 2.42. The van der Waals surface area contributed by atoms with Crippen LogP contribution in [0.15, 0.2) is 40.8 Å². The van der Waals surface area contributed by atoms with Crippen molar-refractivity contribution in [2.45, 2.75) is 26.8 Å². The lowest BCUT2D eigenvalue weighted by atomic mass is 10.1. The van der Waals surface area contributed by atoms with Crippen LogP contribution in [0.4, 0.5) is 14.5 Å². The fourth-order valence-corrected chi connectivity index (χ4v) is 3.86. The minimum atomic E-state index is -0.478. The molecule has 0 aliphatic carbocycles. The summed E-state index contributed by atoms with van der Waals surface area (Å²) in [5.74, 6) is -0.533. The Morgan fingerprint density at radius 1 is 1.14 bits per heavy atom. The topological polar surface area (TPSA) is 59.2 Å². The highest BCUT2D eigenvalue weighted by molar-refractivity contribution is 9.15. The highest BCUT2D eigenvalue weighted by atomic mass is 79.9. The monoisotopic (exact) mass is 459 g/mol. The van der Waals surface area contributed by atoms with Crippen LogP contribution < -0.4 is 4.90 Å². The van der Waals surface area contributed by atoms with E-state index in [9.17, 15) is 13.6 Å². The number of anilines is 1. The Morgan fingerprint density at radius 2 is 1.93 bits per heavy atom. The smallest absolute Gasteiger partial charge is 0.245 e. The number of carbonyl (C=O) groups excluding carboxylic acids is 1. The van der Waals surface area contributed by atoms with Crippen LogP contribution in [0.25, 0.3) is 10.1 Å². The van der Waals surface area contributed by atoms with E-state index in [4.69, 9.17) is 4.42 Å². The molecule has 0 saturated heterocycles. The van der Waals surface area contributed by atoms with Crippen LogP contribution in [0.5, 0.6) is 0 Å². The summed E-state index contributed by atoms with van der Waals surface area (Å²) in [5.41, 5.74) is 2.62. The van der Waals surface area contributed by atoms with E-state index < -0.39 is 5.82 Å². The summed E-state index contributed by atoms with van der Waals surface area (Å²) < 4.78 is 34.2. The molecule has 0 atom stereocenters. The van der Waals surface area contributed by atoms with E-state index in [1.54, 1.807) is 32.0 Å². The van der Waals surface area contributed by atoms with Crippen LogP contribution in [-0.4, -0.2) is 16.1 Å². The van der Waals surface area contributed by atoms with E-state index in [0.717, 1.165) is 0 Å². The number of benzene rings is 2. The summed E-state index contributed by atoms with van der Waals surface area (Å²) in [6, 6.07) is 8.98. The van der Waals surface area contributed by atoms with Crippen LogP contribution in [-0.2, 0) is 11.3 Å². The molecule has 5 nitrogen and oxygen atoms in total. The first-order chi connectivity index (χ1) is 13.8. The SMILES string of the molecule is Cc1nnc(C2=C(Br)c3ccc(F)cc3N(Cc3ccc(C)c(F)c3)C(=O)C2)o1. The number of nitrogens with zero attached hydrogens (tertiary/aromatic N) is 3. The molecule has 148 valence electrons. The van der Waals surface area contributed by atoms with Crippen molar-refractivity contribution in [3.05, 3.63) is 76.5 Å². The van der Waals surface area contributed by atoms with Crippen LogP contribution in [0.2, 0.25) is 0 Å². The van der Waals surface area contributed by atoms with Crippen molar-refractivity contribution < 1.29 is 18.0 Å². The lowest BCUT2D eigenvalue weighted by Crippen LogP contribution is -2.30. The molecule has 0 bridgehead atoms. The van der Waals surface area contributed by atoms with Gasteiger partial charge in [0.05, 0.1) is 18.7 Å². The molecule has 0 unspecified atom stereocenters. The van der Waals surface area contributed by atoms with E-state index in [-0.39, 0.29) is 30.6 Å². The van der Waals surface area contributed by atoms with Crippen LogP contribution in [0.3, 0.4) is 0 Å². The van der Waals surface area contributed by atoms with Gasteiger partial charge >= 0.3 is 0 Å². The molecule has 1 amide bonds. The van der Waals surface area contributed by atoms with E-state index in [2.05, 4.69) is 26.1 Å². The minimum absolute atomic E-state index is 0.0349. The third kappa shape index (κ3) is 3.72. The Bertz CT molecular complexity index is 1160. The largest absolute Gasteiger partial charge is 0.421 e. The number of aromatic nitrogens is 2. The second-order valence-electron chi connectivity index (χ2n) is 6.82. The van der Waals surface area contributed by atoms with E-state index in [0.29, 0.717) is 38.3 Å². The molecular weight excluding hydrogens is 444 g/mol. The number of carbonyl (C=O) groups is 1. The van der Waals surface area contributed by atoms with Gasteiger partial charge in [0.1, 0.15) is 11.6 Å². The summed E-state index contributed by atoms with van der Waals surface area (Å²) in [6.07, 6.45) is -0.0349. The molecule has 1 aliphatic rings. The molecule has 2 heterocycles. The Balaban J connectivity index is 1.82. The van der Waals surface area contributed by atoms with Crippen molar-refractivity contribution in [1.29, 1.82) is 0 Å². The van der Waals surface area contributed by atoms with Crippen molar-refractivity contribution in [1.82, 2.24) is 10.2 Å². The lowest BCUT2D eigenvalue weighted by molar-refractivity contribution is -0.117. The maximum atomic E-state index is 14.1. The molecule has 0 N–H and O–H groups in total. The Hall–Kier alpha value is -2.87. The summed E-state index contributed by atoms with van der Waals surface area (Å²) in [5, 5.41) is 7.85. The molecule has 8 heteroatoms. The average molecular weight is 460 g/mol. The summed E-state index contributed by atoms with van der Waals surface area (Å²) in [6.45, 7) is 3.43. The number of rotatable bonds is 3. The quantitative estimate of drug-likeness (QED) is 0.542. The third-order valence-electron chi connectivity index (χ3n) is 4.74. The molecule has 29 heavy (non-hydrogen) atoms. The van der Waals surface area contributed by atoms with Crippen LogP contribution >= 0.6 is 15.9 Å². The minimum Gasteiger partial charge on any atom is -0.421 e. The fourth-order valence-electron chi connectivity index (χ4n) is 3.21. The zero-order chi connectivity index (χ0) is 20.7. The Kier molecular flexibility index (Phi) is 5.04. The second-order valence-corrected chi connectivity index (χ2v) is 7.61. The van der Waals surface area contributed by atoms with Crippen LogP contribution in [0, 0.1) is 25.5 Å². The first-order valence-electron chi connectivity index (χ1n) is 8.88. The van der Waals surface area contributed by atoms with Crippen molar-refractivity contribution >= 4 is 37.6 Å². The van der Waals surface area contributed by atoms with Gasteiger partial charge in [0.25, 0.3) is 0 Å². The Labute approximate surface area is 174 Å². The predicted molar refractivity (Wildman–Crippen MR) is 108 cm³/mol. The molecular formula is C21H16BrF2N3O2. The summed E-state index contributed by atoms with van der Waals surface area (Å²) in [4.78, 5) is 14.6. The van der Waals surface area contributed by atoms with E-state index in [1.807, 2.05) is 0 Å². The molecule has 0 saturated carbocycles. The molecule has 1 aliphatic heterocycles. The summed E-state index contributed by atoms with van der Waals surface area (Å²) >= 11 is 3.53. The molecule has 0 radical (unpaired) electrons. The predicted octanol–water partition coefficient (Wildman–Crippen LogP) is 5.16. The zero-order valence-corrected chi connectivity index (χ0v) is 17.3. The van der Waals surface area contributed by atoms with Gasteiger partial charge < -0.3 is 9.32 Å². The van der Waals surface area contributed by atoms with Gasteiger partial charge in [-0.05, 0) is 58.2 Å². The lowest BCUT2D eigenvalue weighted by Gasteiger charge is -2.23. The second kappa shape index (κ2) is 7.51. The van der Waals surface area contributed by atoms with E-state index >= 15 is 0 Å². The standard InChI is InChI=1S/C21H16BrF2N3O2/c1-11-3-4-13(7-17(11)24)10-27-18-8-14(23)5-6-15(18)20(22)16(9-19(27)28)21-26-25-12(2)29-21/h3-8H,9-10H2,1-2H3. The third-order valence-corrected chi connectivity index (χ3v) is 5.65. The normalized spacial score (nSPS) is 14.2. The van der Waals surface area contributed by atoms with Gasteiger partial charge in [-0.3, -0.25) is 4.79 Å². The van der Waals surface area contributed by atoms with Gasteiger partial charge in [-0.1, -0.05) is 12.1 Å². The van der Waals surface area contributed by atoms with E-state index in [1.165, 1.54) is 23.1 Å². The van der Waals surface area contributed by atoms with Crippen molar-refractivity contribution in [2.24, 2.45) is 0 Å². The number of hydrogen-bond donors (Lipinski definition) is 0. The first-order valence-corrected chi connectivity index (χ1v) is 9.67. The van der Waals surface area contributed by atoms with Gasteiger partial charge in [0.15, 0.2) is 0 Å². The van der Waals surface area contributed by atoms with Gasteiger partial charge in [-0.25, -0.2) is 8.78 Å². The fraction of sp³-hybridized carbons (Fsp3) is 0.190. The molecule has 4 rings (SSSR count). The van der Waals surface area contributed by atoms with Gasteiger partial charge in [-0.2, -0.15) is 0 Å². The number of halogens is 3. The van der Waals surface area contributed by atoms with Gasteiger partial charge in [-0.15, -0.1) is 10.2 Å². The molecule has 1 aromatic heterocycles. The molecule has 0 fully saturated rings. The number of hydrogen-bond acceptors (Lipinski definition) is 4. The molecule has 0 spiro atoms. The van der Waals surface area contributed by atoms with Gasteiger partial charge in [0, 0.05) is 22.5 Å². The number of amides is 1. The van der Waals surface area contributed by atoms with Crippen molar-refractivity contribution in [2.75, 3.05) is 4.90 Å². The van der Waals surface area contributed by atoms with Crippen molar-refractivity contribution in [3.8, 4) is 0 Å². The number of aryl methyl sites for hydroxylation is 2. The summed E-state index contributed by atoms with van der Waals surface area (Å²) in [7, 11) is 0. The average Bonchev–Trinajstić information content (AvgIpc) is 3.08. The van der Waals surface area contributed by atoms with Crippen LogP contribution in [0.1, 0.15) is 34.9 Å². The Morgan fingerprint density at radius 3 is 2.62 bits per heavy atom. The maximum absolute atomic E-state index is 14.1. The molecule has 3 aromatic rings. The van der Waals surface area contributed by atoms with Crippen molar-refractivity contribution in [3.63, 3.8) is 0 Å². The first kappa shape index (κ1) is 19.4. The van der Waals surface area contributed by atoms with Gasteiger partial charge in [0.2, 0.25) is 17.7 Å². The highest BCUT2D eigenvalue weighted by Gasteiger charge is 2.30. The molecule has 2 aromatic carbocycles. The maximum Gasteiger partial charge on any atom is 0.245 e.